The maximum Gasteiger partial charge on any atom is 0.314 e. The average Bonchev–Trinajstić information content (AvgIpc) is 3.50. The summed E-state index contributed by atoms with van der Waals surface area (Å²) in [5, 5.41) is 8.98. The molecule has 0 spiro atoms. The summed E-state index contributed by atoms with van der Waals surface area (Å²) in [4.78, 5) is 70.3. The van der Waals surface area contributed by atoms with Crippen LogP contribution in [0.25, 0.3) is 21.5 Å². The van der Waals surface area contributed by atoms with E-state index in [1.807, 2.05) is 12.1 Å². The number of nitrogens with two attached hydrogens (primary N) is 1. The molecule has 1 fully saturated rings. The first kappa shape index (κ1) is 28.9. The number of rotatable bonds is 9. The maximum atomic E-state index is 13.1. The molecular formula is C29H31N7O5S. The molecule has 0 radical (unpaired) electrons. The summed E-state index contributed by atoms with van der Waals surface area (Å²) in [6.07, 6.45) is 1.09. The molecule has 12 nitrogen and oxygen atoms in total. The number of carbonyl (C=O) groups is 3. The lowest BCUT2D eigenvalue weighted by Gasteiger charge is -2.31. The highest BCUT2D eigenvalue weighted by atomic mass is 32.1. The third kappa shape index (κ3) is 6.65. The number of H-pyrrole nitrogens is 2. The van der Waals surface area contributed by atoms with Crippen molar-refractivity contribution in [1.29, 1.82) is 0 Å². The number of nitrogens with one attached hydrogen (secondary N) is 5. The van der Waals surface area contributed by atoms with E-state index in [1.54, 1.807) is 41.3 Å². The van der Waals surface area contributed by atoms with Crippen molar-refractivity contribution in [3.8, 4) is 10.4 Å². The van der Waals surface area contributed by atoms with Crippen LogP contribution >= 0.6 is 11.3 Å². The molecule has 3 heterocycles. The summed E-state index contributed by atoms with van der Waals surface area (Å²) in [6.45, 7) is 3.08. The van der Waals surface area contributed by atoms with Crippen LogP contribution < -0.4 is 32.8 Å². The summed E-state index contributed by atoms with van der Waals surface area (Å²) in [5.41, 5.74) is 6.50. The molecule has 42 heavy (non-hydrogen) atoms. The van der Waals surface area contributed by atoms with E-state index in [4.69, 9.17) is 5.73 Å². The molecule has 13 heteroatoms. The zero-order valence-electron chi connectivity index (χ0n) is 22.7. The highest BCUT2D eigenvalue weighted by Gasteiger charge is 2.27. The lowest BCUT2D eigenvalue weighted by molar-refractivity contribution is -0.134. The monoisotopic (exact) mass is 589 g/mol. The molecule has 1 aliphatic rings. The number of fused-ring (bicyclic) bond motifs is 1. The van der Waals surface area contributed by atoms with Crippen LogP contribution in [-0.4, -0.2) is 71.4 Å². The number of hydrogen-bond donors (Lipinski definition) is 6. The summed E-state index contributed by atoms with van der Waals surface area (Å²) in [6, 6.07) is 14.7. The summed E-state index contributed by atoms with van der Waals surface area (Å²) in [5.74, 6) is -0.813. The topological polar surface area (TPSA) is 182 Å². The predicted molar refractivity (Wildman–Crippen MR) is 162 cm³/mol. The normalized spacial score (nSPS) is 14.0. The van der Waals surface area contributed by atoms with Crippen molar-refractivity contribution in [3.05, 3.63) is 85.7 Å². The third-order valence-corrected chi connectivity index (χ3v) is 8.08. The number of carbonyl (C=O) groups excluding carboxylic acids is 3. The third-order valence-electron chi connectivity index (χ3n) is 6.95. The molecule has 2 aromatic heterocycles. The minimum Gasteiger partial charge on any atom is -0.340 e. The Bertz CT molecular complexity index is 1740. The minimum absolute atomic E-state index is 0.0930. The van der Waals surface area contributed by atoms with Gasteiger partial charge in [-0.25, -0.2) is 0 Å². The fourth-order valence-electron chi connectivity index (χ4n) is 4.74. The van der Waals surface area contributed by atoms with Crippen molar-refractivity contribution >= 4 is 45.8 Å². The second-order valence-corrected chi connectivity index (χ2v) is 11.0. The molecule has 1 saturated heterocycles. The predicted octanol–water partition coefficient (Wildman–Crippen LogP) is 1.47. The van der Waals surface area contributed by atoms with E-state index in [-0.39, 0.29) is 11.8 Å². The van der Waals surface area contributed by atoms with E-state index in [9.17, 15) is 24.0 Å². The van der Waals surface area contributed by atoms with E-state index >= 15 is 0 Å². The van der Waals surface area contributed by atoms with Crippen LogP contribution in [0.4, 0.5) is 5.69 Å². The van der Waals surface area contributed by atoms with Crippen LogP contribution in [0.5, 0.6) is 0 Å². The molecule has 4 aromatic rings. The van der Waals surface area contributed by atoms with Crippen molar-refractivity contribution in [3.63, 3.8) is 0 Å². The molecule has 0 aliphatic carbocycles. The van der Waals surface area contributed by atoms with Crippen molar-refractivity contribution in [2.45, 2.75) is 18.9 Å². The number of piperazine rings is 1. The second-order valence-electron chi connectivity index (χ2n) is 9.90. The van der Waals surface area contributed by atoms with Gasteiger partial charge in [0.05, 0.1) is 15.9 Å². The number of amides is 3. The molecule has 0 saturated carbocycles. The van der Waals surface area contributed by atoms with E-state index in [1.165, 1.54) is 17.4 Å². The zero-order chi connectivity index (χ0) is 29.6. The number of benzene rings is 2. The number of nitrogens with zero attached hydrogens (tertiary/aromatic N) is 1. The van der Waals surface area contributed by atoms with Crippen molar-refractivity contribution in [2.24, 2.45) is 5.73 Å². The Kier molecular flexibility index (Phi) is 8.91. The Morgan fingerprint density at radius 1 is 0.929 bits per heavy atom. The number of hydrogen-bond acceptors (Lipinski definition) is 8. The first-order chi connectivity index (χ1) is 20.3. The maximum absolute atomic E-state index is 13.1. The van der Waals surface area contributed by atoms with Crippen molar-refractivity contribution < 1.29 is 14.4 Å². The smallest absolute Gasteiger partial charge is 0.314 e. The Hall–Kier alpha value is -4.59. The molecule has 2 aromatic carbocycles. The van der Waals surface area contributed by atoms with Crippen LogP contribution in [0.1, 0.15) is 32.9 Å². The van der Waals surface area contributed by atoms with Gasteiger partial charge in [-0.15, -0.1) is 11.3 Å². The molecule has 5 rings (SSSR count). The fourth-order valence-corrected chi connectivity index (χ4v) is 5.64. The van der Waals surface area contributed by atoms with Gasteiger partial charge in [0.1, 0.15) is 6.04 Å². The molecule has 1 aliphatic heterocycles. The lowest BCUT2D eigenvalue weighted by atomic mass is 10.1. The van der Waals surface area contributed by atoms with Crippen LogP contribution in [0.15, 0.2) is 64.2 Å². The summed E-state index contributed by atoms with van der Waals surface area (Å²) in [7, 11) is 0. The lowest BCUT2D eigenvalue weighted by Crippen LogP contribution is -2.54. The van der Waals surface area contributed by atoms with Gasteiger partial charge in [0.15, 0.2) is 0 Å². The Balaban J connectivity index is 1.27. The van der Waals surface area contributed by atoms with Gasteiger partial charge in [-0.1, -0.05) is 12.1 Å². The van der Waals surface area contributed by atoms with E-state index < -0.39 is 23.1 Å². The van der Waals surface area contributed by atoms with E-state index in [2.05, 4.69) is 25.9 Å². The number of aromatic amines is 2. The average molecular weight is 590 g/mol. The zero-order valence-corrected chi connectivity index (χ0v) is 23.5. The van der Waals surface area contributed by atoms with Crippen LogP contribution in [-0.2, 0) is 4.79 Å². The Labute approximate surface area is 244 Å². The molecular weight excluding hydrogens is 558 g/mol. The quantitative estimate of drug-likeness (QED) is 0.160. The Morgan fingerprint density at radius 3 is 2.45 bits per heavy atom. The highest BCUT2D eigenvalue weighted by Crippen LogP contribution is 2.30. The van der Waals surface area contributed by atoms with Gasteiger partial charge in [-0.3, -0.25) is 24.0 Å². The Morgan fingerprint density at radius 2 is 1.69 bits per heavy atom. The van der Waals surface area contributed by atoms with Crippen molar-refractivity contribution in [2.75, 3.05) is 38.0 Å². The number of anilines is 1. The van der Waals surface area contributed by atoms with E-state index in [0.717, 1.165) is 23.5 Å². The summed E-state index contributed by atoms with van der Waals surface area (Å²) >= 11 is 1.29. The molecule has 0 bridgehead atoms. The van der Waals surface area contributed by atoms with Crippen LogP contribution in [0.2, 0.25) is 0 Å². The van der Waals surface area contributed by atoms with Gasteiger partial charge in [0.25, 0.3) is 11.8 Å². The van der Waals surface area contributed by atoms with Gasteiger partial charge < -0.3 is 36.6 Å². The first-order valence-corrected chi connectivity index (χ1v) is 14.4. The summed E-state index contributed by atoms with van der Waals surface area (Å²) < 4.78 is 0. The van der Waals surface area contributed by atoms with Gasteiger partial charge >= 0.3 is 11.1 Å². The molecule has 218 valence electrons. The first-order valence-electron chi connectivity index (χ1n) is 13.6. The molecule has 3 amide bonds. The molecule has 7 N–H and O–H groups in total. The van der Waals surface area contributed by atoms with Gasteiger partial charge in [-0.05, 0) is 67.4 Å². The SMILES string of the molecule is NCCC[C@@H](NC(=O)c1ccc(-c2cccc(NC(=O)c3ccc4[nH]c(=O)c(=O)[nH]c4c3)c2)s1)C(=O)N1CCNCC1. The fraction of sp³-hybridized carbons (Fsp3) is 0.276. The van der Waals surface area contributed by atoms with E-state index in [0.29, 0.717) is 59.6 Å². The molecule has 0 unspecified atom stereocenters. The number of thiophene rings is 1. The minimum atomic E-state index is -0.797. The van der Waals surface area contributed by atoms with Gasteiger partial charge in [0.2, 0.25) is 5.91 Å². The van der Waals surface area contributed by atoms with Gasteiger partial charge in [0, 0.05) is 42.3 Å². The second kappa shape index (κ2) is 12.9. The van der Waals surface area contributed by atoms with Gasteiger partial charge in [-0.2, -0.15) is 0 Å². The van der Waals surface area contributed by atoms with Crippen molar-refractivity contribution in [1.82, 2.24) is 25.5 Å². The number of aromatic nitrogens is 2. The standard InChI is InChI=1S/C29H31N7O5S/c30-10-2-5-21(29(41)36-13-11-31-12-14-36)34-26(38)24-9-8-23(42-24)17-3-1-4-19(15-17)32-25(37)18-6-7-20-22(16-18)35-28(40)27(39)33-20/h1,3-4,6-9,15-16,21,31H,2,5,10-14,30H2,(H,32,37)(H,33,39)(H,34,38)(H,35,40)/t21-/m1/s1. The van der Waals surface area contributed by atoms with Crippen LogP contribution in [0.3, 0.4) is 0 Å². The van der Waals surface area contributed by atoms with Crippen LogP contribution in [0, 0.1) is 0 Å². The largest absolute Gasteiger partial charge is 0.340 e. The highest BCUT2D eigenvalue weighted by molar-refractivity contribution is 7.17. The molecule has 1 atom stereocenters.